The highest BCUT2D eigenvalue weighted by Crippen LogP contribution is 2.37. The molecule has 0 bridgehead atoms. The van der Waals surface area contributed by atoms with Crippen LogP contribution in [0.3, 0.4) is 0 Å². The summed E-state index contributed by atoms with van der Waals surface area (Å²) < 4.78 is 16.7. The van der Waals surface area contributed by atoms with Gasteiger partial charge in [0.2, 0.25) is 0 Å². The first-order valence-corrected chi connectivity index (χ1v) is 11.0. The maximum atomic E-state index is 12.5. The number of halogens is 1. The van der Waals surface area contributed by atoms with Crippen LogP contribution in [-0.2, 0) is 4.79 Å². The number of nitrogens with zero attached hydrogens (tertiary/aromatic N) is 1. The SMILES string of the molecule is COc1ccc(Cl)cc1C(=O)NNC(=O)CN1CCC[C@@H]1c1ccc2c(c1)OCCCO2. The number of rotatable bonds is 5. The molecular weight excluding hydrogens is 434 g/mol. The molecule has 8 nitrogen and oxygen atoms in total. The number of hydrazine groups is 1. The van der Waals surface area contributed by atoms with Crippen LogP contribution >= 0.6 is 11.6 Å². The number of likely N-dealkylation sites (tertiary alicyclic amines) is 1. The Balaban J connectivity index is 1.36. The van der Waals surface area contributed by atoms with E-state index in [4.69, 9.17) is 25.8 Å². The molecule has 2 N–H and O–H groups in total. The molecule has 170 valence electrons. The summed E-state index contributed by atoms with van der Waals surface area (Å²) in [6.07, 6.45) is 2.78. The minimum Gasteiger partial charge on any atom is -0.496 e. The predicted octanol–water partition coefficient (Wildman–Crippen LogP) is 3.11. The van der Waals surface area contributed by atoms with Crippen LogP contribution in [0.5, 0.6) is 17.2 Å². The van der Waals surface area contributed by atoms with Crippen LogP contribution in [0.2, 0.25) is 5.02 Å². The number of hydrogen-bond donors (Lipinski definition) is 2. The zero-order chi connectivity index (χ0) is 22.5. The smallest absolute Gasteiger partial charge is 0.273 e. The van der Waals surface area contributed by atoms with Gasteiger partial charge in [0.15, 0.2) is 11.5 Å². The van der Waals surface area contributed by atoms with Crippen molar-refractivity contribution in [3.63, 3.8) is 0 Å². The normalized spacial score (nSPS) is 18.0. The Morgan fingerprint density at radius 2 is 1.91 bits per heavy atom. The number of methoxy groups -OCH3 is 1. The van der Waals surface area contributed by atoms with Crippen molar-refractivity contribution < 1.29 is 23.8 Å². The first-order valence-electron chi connectivity index (χ1n) is 10.6. The third-order valence-electron chi connectivity index (χ3n) is 5.59. The van der Waals surface area contributed by atoms with Crippen molar-refractivity contribution in [3.8, 4) is 17.2 Å². The molecule has 2 aromatic carbocycles. The molecule has 1 atom stereocenters. The van der Waals surface area contributed by atoms with Gasteiger partial charge in [-0.15, -0.1) is 0 Å². The second-order valence-corrected chi connectivity index (χ2v) is 8.17. The Morgan fingerprint density at radius 1 is 1.09 bits per heavy atom. The minimum absolute atomic E-state index is 0.0987. The molecule has 0 saturated carbocycles. The number of hydrogen-bond acceptors (Lipinski definition) is 6. The topological polar surface area (TPSA) is 89.1 Å². The van der Waals surface area contributed by atoms with Crippen molar-refractivity contribution in [2.45, 2.75) is 25.3 Å². The average molecular weight is 460 g/mol. The summed E-state index contributed by atoms with van der Waals surface area (Å²) in [5, 5.41) is 0.400. The van der Waals surface area contributed by atoms with Crippen LogP contribution in [0.25, 0.3) is 0 Å². The van der Waals surface area contributed by atoms with Crippen LogP contribution in [-0.4, -0.2) is 50.1 Å². The molecule has 0 unspecified atom stereocenters. The molecule has 2 heterocycles. The highest BCUT2D eigenvalue weighted by Gasteiger charge is 2.29. The number of ether oxygens (including phenoxy) is 3. The van der Waals surface area contributed by atoms with E-state index in [1.165, 1.54) is 13.2 Å². The van der Waals surface area contributed by atoms with Gasteiger partial charge in [0.05, 0.1) is 32.4 Å². The van der Waals surface area contributed by atoms with E-state index in [0.717, 1.165) is 42.9 Å². The average Bonchev–Trinajstić information content (AvgIpc) is 3.12. The second kappa shape index (κ2) is 10.1. The van der Waals surface area contributed by atoms with Gasteiger partial charge in [-0.1, -0.05) is 17.7 Å². The Kier molecular flexibility index (Phi) is 7.02. The van der Waals surface area contributed by atoms with Crippen LogP contribution in [0.4, 0.5) is 0 Å². The quantitative estimate of drug-likeness (QED) is 0.668. The van der Waals surface area contributed by atoms with Crippen molar-refractivity contribution >= 4 is 23.4 Å². The molecule has 0 radical (unpaired) electrons. The van der Waals surface area contributed by atoms with E-state index in [0.29, 0.717) is 24.0 Å². The third kappa shape index (κ3) is 5.08. The van der Waals surface area contributed by atoms with Crippen molar-refractivity contribution in [1.29, 1.82) is 0 Å². The Morgan fingerprint density at radius 3 is 2.72 bits per heavy atom. The van der Waals surface area contributed by atoms with Gasteiger partial charge in [-0.05, 0) is 55.3 Å². The molecule has 2 aromatic rings. The lowest BCUT2D eigenvalue weighted by atomic mass is 10.0. The maximum Gasteiger partial charge on any atom is 0.273 e. The molecule has 9 heteroatoms. The Hall–Kier alpha value is -2.97. The van der Waals surface area contributed by atoms with Crippen LogP contribution in [0, 0.1) is 0 Å². The zero-order valence-electron chi connectivity index (χ0n) is 17.9. The first-order chi connectivity index (χ1) is 15.5. The molecule has 2 aliphatic rings. The summed E-state index contributed by atoms with van der Waals surface area (Å²) in [6.45, 7) is 2.23. The lowest BCUT2D eigenvalue weighted by Gasteiger charge is -2.25. The van der Waals surface area contributed by atoms with Gasteiger partial charge >= 0.3 is 0 Å². The number of benzene rings is 2. The van der Waals surface area contributed by atoms with Crippen molar-refractivity contribution in [1.82, 2.24) is 15.8 Å². The summed E-state index contributed by atoms with van der Waals surface area (Å²) >= 11 is 5.98. The molecule has 2 aliphatic heterocycles. The van der Waals surface area contributed by atoms with Gasteiger partial charge in [-0.2, -0.15) is 0 Å². The highest BCUT2D eigenvalue weighted by molar-refractivity contribution is 6.31. The standard InChI is InChI=1S/C23H26ClN3O5/c1-30-19-8-6-16(24)13-17(19)23(29)26-25-22(28)14-27-9-2-4-18(27)15-5-7-20-21(12-15)32-11-3-10-31-20/h5-8,12-13,18H,2-4,9-11,14H2,1H3,(H,25,28)(H,26,29)/t18-/m1/s1. The van der Waals surface area contributed by atoms with E-state index in [1.807, 2.05) is 18.2 Å². The van der Waals surface area contributed by atoms with E-state index in [9.17, 15) is 9.59 Å². The van der Waals surface area contributed by atoms with E-state index in [1.54, 1.807) is 12.1 Å². The monoisotopic (exact) mass is 459 g/mol. The molecule has 1 fully saturated rings. The van der Waals surface area contributed by atoms with Gasteiger partial charge in [0.1, 0.15) is 5.75 Å². The summed E-state index contributed by atoms with van der Waals surface area (Å²) in [6, 6.07) is 10.8. The summed E-state index contributed by atoms with van der Waals surface area (Å²) in [7, 11) is 1.46. The van der Waals surface area contributed by atoms with E-state index in [-0.39, 0.29) is 24.1 Å². The molecule has 0 aromatic heterocycles. The Labute approximate surface area is 191 Å². The second-order valence-electron chi connectivity index (χ2n) is 7.73. The van der Waals surface area contributed by atoms with Crippen molar-refractivity contribution in [2.75, 3.05) is 33.4 Å². The van der Waals surface area contributed by atoms with Gasteiger partial charge in [-0.25, -0.2) is 0 Å². The van der Waals surface area contributed by atoms with E-state index >= 15 is 0 Å². The Bertz CT molecular complexity index is 1000. The molecule has 32 heavy (non-hydrogen) atoms. The van der Waals surface area contributed by atoms with Crippen molar-refractivity contribution in [3.05, 3.63) is 52.5 Å². The van der Waals surface area contributed by atoms with Crippen LogP contribution < -0.4 is 25.1 Å². The molecular formula is C23H26ClN3O5. The number of fused-ring (bicyclic) bond motifs is 1. The van der Waals surface area contributed by atoms with Gasteiger partial charge in [0, 0.05) is 17.5 Å². The fraction of sp³-hybridized carbons (Fsp3) is 0.391. The lowest BCUT2D eigenvalue weighted by Crippen LogP contribution is -2.46. The number of nitrogens with one attached hydrogen (secondary N) is 2. The zero-order valence-corrected chi connectivity index (χ0v) is 18.6. The largest absolute Gasteiger partial charge is 0.496 e. The van der Waals surface area contributed by atoms with Gasteiger partial charge in [-0.3, -0.25) is 25.3 Å². The minimum atomic E-state index is -0.501. The van der Waals surface area contributed by atoms with Gasteiger partial charge < -0.3 is 14.2 Å². The molecule has 4 rings (SSSR count). The van der Waals surface area contributed by atoms with E-state index < -0.39 is 5.91 Å². The summed E-state index contributed by atoms with van der Waals surface area (Å²) in [5.41, 5.74) is 6.25. The molecule has 2 amide bonds. The predicted molar refractivity (Wildman–Crippen MR) is 119 cm³/mol. The molecule has 0 spiro atoms. The summed E-state index contributed by atoms with van der Waals surface area (Å²) in [5.74, 6) is 1.07. The maximum absolute atomic E-state index is 12.5. The van der Waals surface area contributed by atoms with E-state index in [2.05, 4.69) is 15.8 Å². The lowest BCUT2D eigenvalue weighted by molar-refractivity contribution is -0.123. The van der Waals surface area contributed by atoms with Crippen LogP contribution in [0.15, 0.2) is 36.4 Å². The highest BCUT2D eigenvalue weighted by atomic mass is 35.5. The fourth-order valence-electron chi connectivity index (χ4n) is 4.06. The molecule has 1 saturated heterocycles. The summed E-state index contributed by atoms with van der Waals surface area (Å²) in [4.78, 5) is 27.1. The van der Waals surface area contributed by atoms with Crippen molar-refractivity contribution in [2.24, 2.45) is 0 Å². The fourth-order valence-corrected chi connectivity index (χ4v) is 4.23. The molecule has 0 aliphatic carbocycles. The number of carbonyl (C=O) groups excluding carboxylic acids is 2. The van der Waals surface area contributed by atoms with Crippen LogP contribution in [0.1, 0.15) is 41.2 Å². The van der Waals surface area contributed by atoms with Gasteiger partial charge in [0.25, 0.3) is 11.8 Å². The number of carbonyl (C=O) groups is 2. The number of amides is 2. The third-order valence-corrected chi connectivity index (χ3v) is 5.82. The first kappa shape index (κ1) is 22.2.